The highest BCUT2D eigenvalue weighted by Crippen LogP contribution is 2.51. The molecule has 1 aliphatic heterocycles. The zero-order valence-corrected chi connectivity index (χ0v) is 12.2. The van der Waals surface area contributed by atoms with Gasteiger partial charge in [-0.25, -0.2) is 0 Å². The number of halogens is 1. The largest absolute Gasteiger partial charge is 0.453 e. The third-order valence-electron chi connectivity index (χ3n) is 4.33. The van der Waals surface area contributed by atoms with Gasteiger partial charge in [0.15, 0.2) is 11.5 Å². The molecule has 1 heterocycles. The summed E-state index contributed by atoms with van der Waals surface area (Å²) in [4.78, 5) is 0. The Kier molecular flexibility index (Phi) is 3.02. The predicted octanol–water partition coefficient (Wildman–Crippen LogP) is 3.12. The summed E-state index contributed by atoms with van der Waals surface area (Å²) in [7, 11) is 0. The first-order valence-electron chi connectivity index (χ1n) is 6.53. The summed E-state index contributed by atoms with van der Waals surface area (Å²) in [5.74, 6) is 1.77. The van der Waals surface area contributed by atoms with Gasteiger partial charge in [-0.2, -0.15) is 0 Å². The summed E-state index contributed by atoms with van der Waals surface area (Å²) in [6.07, 6.45) is 4.59. The third kappa shape index (κ3) is 1.58. The van der Waals surface area contributed by atoms with Crippen LogP contribution < -0.4 is 15.2 Å². The fourth-order valence-corrected chi connectivity index (χ4v) is 3.62. The second-order valence-electron chi connectivity index (χ2n) is 5.14. The molecule has 2 aliphatic rings. The molecule has 1 aromatic rings. The van der Waals surface area contributed by atoms with E-state index >= 15 is 0 Å². The van der Waals surface area contributed by atoms with Crippen LogP contribution in [0, 0.1) is 0 Å². The van der Waals surface area contributed by atoms with Crippen LogP contribution in [0.25, 0.3) is 0 Å². The minimum atomic E-state index is 0.162. The van der Waals surface area contributed by atoms with E-state index in [-0.39, 0.29) is 5.41 Å². The standard InChI is InChI=1S/C14H18BrNO2/c1-2-9-10(14(7-16)4-3-5-14)6-11(15)13-12(9)17-8-18-13/h6H,2-5,7-8,16H2,1H3. The van der Waals surface area contributed by atoms with E-state index in [4.69, 9.17) is 15.2 Å². The normalized spacial score (nSPS) is 19.7. The lowest BCUT2D eigenvalue weighted by atomic mass is 9.63. The maximum atomic E-state index is 6.03. The van der Waals surface area contributed by atoms with E-state index < -0.39 is 0 Å². The monoisotopic (exact) mass is 311 g/mol. The van der Waals surface area contributed by atoms with Gasteiger partial charge in [-0.1, -0.05) is 13.3 Å². The van der Waals surface area contributed by atoms with Gasteiger partial charge in [0.1, 0.15) is 0 Å². The molecule has 0 aromatic heterocycles. The molecule has 0 atom stereocenters. The van der Waals surface area contributed by atoms with Gasteiger partial charge in [0, 0.05) is 17.5 Å². The number of hydrogen-bond acceptors (Lipinski definition) is 3. The van der Waals surface area contributed by atoms with Crippen molar-refractivity contribution in [2.24, 2.45) is 5.73 Å². The van der Waals surface area contributed by atoms with E-state index in [1.54, 1.807) is 0 Å². The molecule has 2 N–H and O–H groups in total. The van der Waals surface area contributed by atoms with Crippen LogP contribution in [-0.4, -0.2) is 13.3 Å². The van der Waals surface area contributed by atoms with Crippen LogP contribution in [0.1, 0.15) is 37.3 Å². The predicted molar refractivity (Wildman–Crippen MR) is 74.2 cm³/mol. The van der Waals surface area contributed by atoms with Crippen molar-refractivity contribution < 1.29 is 9.47 Å². The molecule has 1 fully saturated rings. The summed E-state index contributed by atoms with van der Waals surface area (Å²) in [5.41, 5.74) is 8.82. The average Bonchev–Trinajstić information content (AvgIpc) is 2.78. The first-order valence-corrected chi connectivity index (χ1v) is 7.32. The SMILES string of the molecule is CCc1c(C2(CN)CCC2)cc(Br)c2c1OCO2. The van der Waals surface area contributed by atoms with Crippen molar-refractivity contribution in [1.29, 1.82) is 0 Å². The zero-order chi connectivity index (χ0) is 12.8. The molecular formula is C14H18BrNO2. The van der Waals surface area contributed by atoms with Crippen molar-refractivity contribution in [3.63, 3.8) is 0 Å². The molecule has 1 saturated carbocycles. The number of rotatable bonds is 3. The van der Waals surface area contributed by atoms with Gasteiger partial charge in [0.25, 0.3) is 0 Å². The molecule has 1 aromatic carbocycles. The second kappa shape index (κ2) is 4.42. The van der Waals surface area contributed by atoms with Crippen LogP contribution in [-0.2, 0) is 11.8 Å². The van der Waals surface area contributed by atoms with Gasteiger partial charge in [-0.15, -0.1) is 0 Å². The van der Waals surface area contributed by atoms with Crippen molar-refractivity contribution in [3.05, 3.63) is 21.7 Å². The zero-order valence-electron chi connectivity index (χ0n) is 10.6. The third-order valence-corrected chi connectivity index (χ3v) is 4.92. The second-order valence-corrected chi connectivity index (χ2v) is 6.00. The number of benzene rings is 1. The maximum Gasteiger partial charge on any atom is 0.231 e. The first kappa shape index (κ1) is 12.3. The van der Waals surface area contributed by atoms with Crippen molar-refractivity contribution in [2.45, 2.75) is 38.0 Å². The molecule has 1 aliphatic carbocycles. The fraction of sp³-hybridized carbons (Fsp3) is 0.571. The van der Waals surface area contributed by atoms with Crippen LogP contribution >= 0.6 is 15.9 Å². The molecule has 4 heteroatoms. The van der Waals surface area contributed by atoms with Crippen LogP contribution in [0.15, 0.2) is 10.5 Å². The lowest BCUT2D eigenvalue weighted by Gasteiger charge is -2.43. The molecule has 0 spiro atoms. The Morgan fingerprint density at radius 3 is 2.61 bits per heavy atom. The molecule has 18 heavy (non-hydrogen) atoms. The number of hydrogen-bond donors (Lipinski definition) is 1. The highest BCUT2D eigenvalue weighted by atomic mass is 79.9. The Hall–Kier alpha value is -0.740. The van der Waals surface area contributed by atoms with Gasteiger partial charge in [0.05, 0.1) is 4.47 Å². The maximum absolute atomic E-state index is 6.03. The van der Waals surface area contributed by atoms with Gasteiger partial charge in [0.2, 0.25) is 6.79 Å². The Balaban J connectivity index is 2.17. The Morgan fingerprint density at radius 1 is 1.33 bits per heavy atom. The Bertz CT molecular complexity index is 478. The molecular weight excluding hydrogens is 294 g/mol. The number of fused-ring (bicyclic) bond motifs is 1. The molecule has 0 radical (unpaired) electrons. The molecule has 3 rings (SSSR count). The molecule has 0 bridgehead atoms. The van der Waals surface area contributed by atoms with Crippen LogP contribution in [0.2, 0.25) is 0 Å². The van der Waals surface area contributed by atoms with Gasteiger partial charge < -0.3 is 15.2 Å². The quantitative estimate of drug-likeness (QED) is 0.932. The molecule has 98 valence electrons. The minimum Gasteiger partial charge on any atom is -0.453 e. The highest BCUT2D eigenvalue weighted by Gasteiger charge is 2.40. The van der Waals surface area contributed by atoms with Crippen molar-refractivity contribution in [1.82, 2.24) is 0 Å². The molecule has 0 amide bonds. The summed E-state index contributed by atoms with van der Waals surface area (Å²) in [5, 5.41) is 0. The minimum absolute atomic E-state index is 0.162. The molecule has 3 nitrogen and oxygen atoms in total. The lowest BCUT2D eigenvalue weighted by molar-refractivity contribution is 0.172. The summed E-state index contributed by atoms with van der Waals surface area (Å²) < 4.78 is 12.2. The fourth-order valence-electron chi connectivity index (χ4n) is 3.09. The van der Waals surface area contributed by atoms with Crippen LogP contribution in [0.5, 0.6) is 11.5 Å². The van der Waals surface area contributed by atoms with Crippen LogP contribution in [0.3, 0.4) is 0 Å². The van der Waals surface area contributed by atoms with E-state index in [9.17, 15) is 0 Å². The molecule has 0 saturated heterocycles. The van der Waals surface area contributed by atoms with E-state index in [2.05, 4.69) is 28.9 Å². The van der Waals surface area contributed by atoms with Crippen molar-refractivity contribution in [2.75, 3.05) is 13.3 Å². The van der Waals surface area contributed by atoms with E-state index in [0.717, 1.165) is 22.4 Å². The van der Waals surface area contributed by atoms with Gasteiger partial charge in [-0.05, 0) is 46.8 Å². The number of nitrogens with two attached hydrogens (primary N) is 1. The summed E-state index contributed by atoms with van der Waals surface area (Å²) in [6.45, 7) is 3.20. The number of ether oxygens (including phenoxy) is 2. The van der Waals surface area contributed by atoms with Crippen molar-refractivity contribution >= 4 is 15.9 Å². The van der Waals surface area contributed by atoms with E-state index in [1.165, 1.54) is 30.4 Å². The van der Waals surface area contributed by atoms with Gasteiger partial charge >= 0.3 is 0 Å². The molecule has 0 unspecified atom stereocenters. The van der Waals surface area contributed by atoms with Crippen molar-refractivity contribution in [3.8, 4) is 11.5 Å². The van der Waals surface area contributed by atoms with Crippen LogP contribution in [0.4, 0.5) is 0 Å². The van der Waals surface area contributed by atoms with E-state index in [1.807, 2.05) is 0 Å². The highest BCUT2D eigenvalue weighted by molar-refractivity contribution is 9.10. The summed E-state index contributed by atoms with van der Waals surface area (Å²) >= 11 is 3.59. The lowest BCUT2D eigenvalue weighted by Crippen LogP contribution is -2.42. The first-order chi connectivity index (χ1) is 8.72. The average molecular weight is 312 g/mol. The Morgan fingerprint density at radius 2 is 2.06 bits per heavy atom. The summed E-state index contributed by atoms with van der Waals surface area (Å²) in [6, 6.07) is 2.19. The van der Waals surface area contributed by atoms with E-state index in [0.29, 0.717) is 13.3 Å². The smallest absolute Gasteiger partial charge is 0.231 e. The van der Waals surface area contributed by atoms with Gasteiger partial charge in [-0.3, -0.25) is 0 Å². The Labute approximate surface area is 116 Å². The topological polar surface area (TPSA) is 44.5 Å².